The summed E-state index contributed by atoms with van der Waals surface area (Å²) in [6.45, 7) is 2.49. The summed E-state index contributed by atoms with van der Waals surface area (Å²) < 4.78 is 22.6. The van der Waals surface area contributed by atoms with E-state index in [0.717, 1.165) is 0 Å². The van der Waals surface area contributed by atoms with Gasteiger partial charge in [0.1, 0.15) is 16.3 Å². The maximum Gasteiger partial charge on any atom is 0.240 e. The van der Waals surface area contributed by atoms with Gasteiger partial charge in [-0.05, 0) is 19.1 Å². The Kier molecular flexibility index (Phi) is 4.52. The number of aliphatic hydroxyl groups is 1. The minimum Gasteiger partial charge on any atom is -0.510 e. The van der Waals surface area contributed by atoms with E-state index in [4.69, 9.17) is 5.14 Å². The number of carbonyl (C=O) groups is 1. The van der Waals surface area contributed by atoms with Crippen LogP contribution < -0.4 is 5.14 Å². The number of allylic oxidation sites excluding steroid dienone is 2. The van der Waals surface area contributed by atoms with Gasteiger partial charge in [0.15, 0.2) is 11.5 Å². The SMILES string of the molecule is CC(=O)C(N=Nc1ccccc1S(N)(=O)=O)=C(C)O. The molecule has 0 atom stereocenters. The van der Waals surface area contributed by atoms with Gasteiger partial charge < -0.3 is 5.11 Å². The van der Waals surface area contributed by atoms with Crippen molar-refractivity contribution < 1.29 is 18.3 Å². The van der Waals surface area contributed by atoms with Crippen molar-refractivity contribution in [3.8, 4) is 0 Å². The van der Waals surface area contributed by atoms with E-state index >= 15 is 0 Å². The normalized spacial score (nSPS) is 13.4. The van der Waals surface area contributed by atoms with Crippen LogP contribution in [0, 0.1) is 0 Å². The summed E-state index contributed by atoms with van der Waals surface area (Å²) >= 11 is 0. The third-order valence-electron chi connectivity index (χ3n) is 2.11. The van der Waals surface area contributed by atoms with E-state index in [1.807, 2.05) is 0 Å². The average molecular weight is 283 g/mol. The number of benzene rings is 1. The van der Waals surface area contributed by atoms with E-state index in [-0.39, 0.29) is 22.0 Å². The largest absolute Gasteiger partial charge is 0.510 e. The minimum atomic E-state index is -3.94. The van der Waals surface area contributed by atoms with Crippen LogP contribution in [0.1, 0.15) is 13.8 Å². The van der Waals surface area contributed by atoms with Crippen LogP contribution in [0.15, 0.2) is 50.8 Å². The second-order valence-electron chi connectivity index (χ2n) is 3.70. The zero-order chi connectivity index (χ0) is 14.6. The maximum absolute atomic E-state index is 11.3. The molecule has 0 saturated carbocycles. The van der Waals surface area contributed by atoms with Gasteiger partial charge in [0.25, 0.3) is 0 Å². The van der Waals surface area contributed by atoms with Gasteiger partial charge in [-0.25, -0.2) is 13.6 Å². The fourth-order valence-corrected chi connectivity index (χ4v) is 1.95. The van der Waals surface area contributed by atoms with Gasteiger partial charge in [-0.3, -0.25) is 4.79 Å². The van der Waals surface area contributed by atoms with Crippen LogP contribution in [0.5, 0.6) is 0 Å². The highest BCUT2D eigenvalue weighted by molar-refractivity contribution is 7.89. The highest BCUT2D eigenvalue weighted by Crippen LogP contribution is 2.23. The van der Waals surface area contributed by atoms with Gasteiger partial charge in [0, 0.05) is 6.92 Å². The smallest absolute Gasteiger partial charge is 0.240 e. The first-order chi connectivity index (χ1) is 8.73. The number of hydrogen-bond acceptors (Lipinski definition) is 6. The Bertz CT molecular complexity index is 658. The fourth-order valence-electron chi connectivity index (χ4n) is 1.28. The predicted octanol–water partition coefficient (Wildman–Crippen LogP) is 1.80. The molecule has 1 aromatic rings. The van der Waals surface area contributed by atoms with E-state index in [1.165, 1.54) is 32.0 Å². The maximum atomic E-state index is 11.3. The summed E-state index contributed by atoms with van der Waals surface area (Å²) in [7, 11) is -3.94. The molecule has 0 unspecified atom stereocenters. The molecule has 1 aromatic carbocycles. The summed E-state index contributed by atoms with van der Waals surface area (Å²) in [4.78, 5) is 11.0. The van der Waals surface area contributed by atoms with Crippen LogP contribution in [-0.4, -0.2) is 19.3 Å². The second kappa shape index (κ2) is 5.72. The quantitative estimate of drug-likeness (QED) is 0.496. The number of carbonyl (C=O) groups excluding carboxylic acids is 1. The third-order valence-corrected chi connectivity index (χ3v) is 3.06. The van der Waals surface area contributed by atoms with Crippen LogP contribution in [0.4, 0.5) is 5.69 Å². The molecule has 0 bridgehead atoms. The van der Waals surface area contributed by atoms with Crippen molar-refractivity contribution in [2.75, 3.05) is 0 Å². The lowest BCUT2D eigenvalue weighted by atomic mass is 10.3. The molecule has 0 aliphatic heterocycles. The van der Waals surface area contributed by atoms with Crippen LogP contribution in [0.2, 0.25) is 0 Å². The zero-order valence-electron chi connectivity index (χ0n) is 10.4. The first-order valence-corrected chi connectivity index (χ1v) is 6.72. The first kappa shape index (κ1) is 15.0. The van der Waals surface area contributed by atoms with Crippen LogP contribution in [-0.2, 0) is 14.8 Å². The van der Waals surface area contributed by atoms with Gasteiger partial charge in [-0.1, -0.05) is 12.1 Å². The van der Waals surface area contributed by atoms with Gasteiger partial charge in [0.2, 0.25) is 10.0 Å². The van der Waals surface area contributed by atoms with E-state index in [9.17, 15) is 18.3 Å². The van der Waals surface area contributed by atoms with Crippen LogP contribution in [0.25, 0.3) is 0 Å². The number of ketones is 1. The number of nitrogens with zero attached hydrogens (tertiary/aromatic N) is 2. The fraction of sp³-hybridized carbons (Fsp3) is 0.182. The number of rotatable bonds is 4. The molecular weight excluding hydrogens is 270 g/mol. The summed E-state index contributed by atoms with van der Waals surface area (Å²) in [5.74, 6) is -0.791. The second-order valence-corrected chi connectivity index (χ2v) is 5.23. The molecule has 0 radical (unpaired) electrons. The highest BCUT2D eigenvalue weighted by atomic mass is 32.2. The van der Waals surface area contributed by atoms with Crippen molar-refractivity contribution in [1.29, 1.82) is 0 Å². The number of azo groups is 1. The molecule has 19 heavy (non-hydrogen) atoms. The first-order valence-electron chi connectivity index (χ1n) is 5.18. The molecule has 0 aliphatic rings. The number of Topliss-reactive ketones (excluding diaryl/α,β-unsaturated/α-hetero) is 1. The molecule has 3 N–H and O–H groups in total. The number of sulfonamides is 1. The summed E-state index contributed by atoms with van der Waals surface area (Å²) in [5, 5.41) is 21.5. The van der Waals surface area contributed by atoms with Crippen molar-refractivity contribution in [3.05, 3.63) is 35.7 Å². The lowest BCUT2D eigenvalue weighted by Crippen LogP contribution is -2.12. The molecule has 0 aromatic heterocycles. The van der Waals surface area contributed by atoms with Crippen LogP contribution in [0.3, 0.4) is 0 Å². The third kappa shape index (κ3) is 3.97. The molecule has 0 spiro atoms. The number of aliphatic hydroxyl groups excluding tert-OH is 1. The number of nitrogens with two attached hydrogens (primary N) is 1. The van der Waals surface area contributed by atoms with Gasteiger partial charge in [-0.15, -0.1) is 10.2 Å². The van der Waals surface area contributed by atoms with Gasteiger partial charge in [0.05, 0.1) is 0 Å². The molecule has 0 heterocycles. The van der Waals surface area contributed by atoms with Crippen molar-refractivity contribution in [1.82, 2.24) is 0 Å². The van der Waals surface area contributed by atoms with E-state index in [1.54, 1.807) is 6.07 Å². The molecule has 7 nitrogen and oxygen atoms in total. The van der Waals surface area contributed by atoms with Crippen molar-refractivity contribution in [2.24, 2.45) is 15.4 Å². The standard InChI is InChI=1S/C11H13N3O4S/c1-7(15)11(8(2)16)14-13-9-5-3-4-6-10(9)19(12,17)18/h3-6,15H,1-2H3,(H2,12,17,18). The number of primary sulfonamides is 1. The van der Waals surface area contributed by atoms with Crippen molar-refractivity contribution in [3.63, 3.8) is 0 Å². The molecule has 0 saturated heterocycles. The number of hydrogen-bond donors (Lipinski definition) is 2. The average Bonchev–Trinajstić information content (AvgIpc) is 2.27. The topological polar surface area (TPSA) is 122 Å². The molecule has 1 rings (SSSR count). The van der Waals surface area contributed by atoms with E-state index in [0.29, 0.717) is 0 Å². The van der Waals surface area contributed by atoms with Crippen molar-refractivity contribution in [2.45, 2.75) is 18.7 Å². The lowest BCUT2D eigenvalue weighted by Gasteiger charge is -2.02. The molecule has 102 valence electrons. The summed E-state index contributed by atoms with van der Waals surface area (Å²) in [5.41, 5.74) is -0.255. The Balaban J connectivity index is 3.29. The van der Waals surface area contributed by atoms with Crippen molar-refractivity contribution >= 4 is 21.5 Å². The Hall–Kier alpha value is -2.06. The molecule has 8 heteroatoms. The minimum absolute atomic E-state index is 0.00926. The predicted molar refractivity (Wildman–Crippen MR) is 68.3 cm³/mol. The van der Waals surface area contributed by atoms with E-state index < -0.39 is 15.8 Å². The monoisotopic (exact) mass is 283 g/mol. The summed E-state index contributed by atoms with van der Waals surface area (Å²) in [6.07, 6.45) is 0. The lowest BCUT2D eigenvalue weighted by molar-refractivity contribution is -0.113. The highest BCUT2D eigenvalue weighted by Gasteiger charge is 2.13. The van der Waals surface area contributed by atoms with E-state index in [2.05, 4.69) is 10.2 Å². The van der Waals surface area contributed by atoms with Gasteiger partial charge >= 0.3 is 0 Å². The van der Waals surface area contributed by atoms with Crippen LogP contribution >= 0.6 is 0 Å². The molecule has 0 aliphatic carbocycles. The molecule has 0 amide bonds. The zero-order valence-corrected chi connectivity index (χ0v) is 11.2. The summed E-state index contributed by atoms with van der Waals surface area (Å²) in [6, 6.07) is 5.68. The Morgan fingerprint density at radius 3 is 2.32 bits per heavy atom. The Morgan fingerprint density at radius 2 is 1.84 bits per heavy atom. The molecule has 0 fully saturated rings. The molecular formula is C11H13N3O4S. The Labute approximate surface area is 110 Å². The Morgan fingerprint density at radius 1 is 1.26 bits per heavy atom. The van der Waals surface area contributed by atoms with Gasteiger partial charge in [-0.2, -0.15) is 0 Å².